The fourth-order valence-electron chi connectivity index (χ4n) is 2.74. The van der Waals surface area contributed by atoms with E-state index in [-0.39, 0.29) is 11.5 Å². The Labute approximate surface area is 121 Å². The number of sulfonamides is 1. The Bertz CT molecular complexity index is 534. The summed E-state index contributed by atoms with van der Waals surface area (Å²) in [4.78, 5) is 0.187. The Morgan fingerprint density at radius 1 is 1.20 bits per heavy atom. The average Bonchev–Trinajstić information content (AvgIpc) is 2.46. The maximum absolute atomic E-state index is 12.3. The molecule has 0 atom stereocenters. The number of aliphatic hydroxyl groups excluding tert-OH is 1. The first-order valence-electron chi connectivity index (χ1n) is 7.21. The summed E-state index contributed by atoms with van der Waals surface area (Å²) < 4.78 is 27.3. The summed E-state index contributed by atoms with van der Waals surface area (Å²) in [5.74, 6) is 1.19. The number of benzene rings is 1. The van der Waals surface area contributed by atoms with Crippen LogP contribution in [0.25, 0.3) is 0 Å². The van der Waals surface area contributed by atoms with Gasteiger partial charge in [-0.3, -0.25) is 0 Å². The zero-order valence-corrected chi connectivity index (χ0v) is 12.7. The quantitative estimate of drug-likeness (QED) is 0.876. The highest BCUT2D eigenvalue weighted by molar-refractivity contribution is 7.89. The van der Waals surface area contributed by atoms with Crippen molar-refractivity contribution in [3.63, 3.8) is 0 Å². The number of hydrogen-bond donors (Lipinski definition) is 2. The lowest BCUT2D eigenvalue weighted by molar-refractivity contribution is 0.278. The second-order valence-corrected chi connectivity index (χ2v) is 7.48. The van der Waals surface area contributed by atoms with Crippen molar-refractivity contribution < 1.29 is 13.5 Å². The summed E-state index contributed by atoms with van der Waals surface area (Å²) in [6.07, 6.45) is 4.54. The van der Waals surface area contributed by atoms with Crippen molar-refractivity contribution in [2.45, 2.75) is 44.1 Å². The lowest BCUT2D eigenvalue weighted by atomic mass is 9.83. The Kier molecular flexibility index (Phi) is 5.18. The molecule has 0 unspecified atom stereocenters. The van der Waals surface area contributed by atoms with Gasteiger partial charge in [0.2, 0.25) is 10.0 Å². The lowest BCUT2D eigenvalue weighted by Gasteiger charge is -2.26. The maximum Gasteiger partial charge on any atom is 0.240 e. The minimum absolute atomic E-state index is 0.187. The van der Waals surface area contributed by atoms with Gasteiger partial charge < -0.3 is 5.11 Å². The number of rotatable bonds is 5. The molecule has 20 heavy (non-hydrogen) atoms. The van der Waals surface area contributed by atoms with Gasteiger partial charge in [-0.05, 0) is 36.3 Å². The summed E-state index contributed by atoms with van der Waals surface area (Å²) in [6, 6.07) is 6.58. The summed E-state index contributed by atoms with van der Waals surface area (Å²) in [6.45, 7) is 2.48. The van der Waals surface area contributed by atoms with Crippen LogP contribution in [0.3, 0.4) is 0 Å². The first-order valence-corrected chi connectivity index (χ1v) is 8.69. The fourth-order valence-corrected chi connectivity index (χ4v) is 4.08. The van der Waals surface area contributed by atoms with Gasteiger partial charge in [0, 0.05) is 6.54 Å². The van der Waals surface area contributed by atoms with E-state index in [0.29, 0.717) is 18.0 Å². The van der Waals surface area contributed by atoms with E-state index >= 15 is 0 Å². The molecular weight excluding hydrogens is 274 g/mol. The van der Waals surface area contributed by atoms with Gasteiger partial charge in [0.05, 0.1) is 11.5 Å². The molecule has 2 N–H and O–H groups in total. The van der Waals surface area contributed by atoms with E-state index < -0.39 is 10.0 Å². The standard InChI is InChI=1S/C15H23NO3S/c1-12-6-8-13(9-7-12)10-16-20(18,19)15-5-3-2-4-14(15)11-17/h2-5,12-13,16-17H,6-11H2,1H3. The van der Waals surface area contributed by atoms with Crippen molar-refractivity contribution in [2.24, 2.45) is 11.8 Å². The molecule has 0 saturated heterocycles. The molecule has 1 saturated carbocycles. The number of aliphatic hydroxyl groups is 1. The third-order valence-corrected chi connectivity index (χ3v) is 5.65. The molecule has 2 rings (SSSR count). The average molecular weight is 297 g/mol. The predicted molar refractivity (Wildman–Crippen MR) is 78.7 cm³/mol. The molecule has 1 aliphatic rings. The Balaban J connectivity index is 2.00. The zero-order valence-electron chi connectivity index (χ0n) is 11.9. The summed E-state index contributed by atoms with van der Waals surface area (Å²) in [5, 5.41) is 9.24. The van der Waals surface area contributed by atoms with Crippen molar-refractivity contribution in [3.05, 3.63) is 29.8 Å². The van der Waals surface area contributed by atoms with Gasteiger partial charge in [-0.2, -0.15) is 0 Å². The third kappa shape index (κ3) is 3.81. The van der Waals surface area contributed by atoms with Gasteiger partial charge in [0.15, 0.2) is 0 Å². The molecule has 0 radical (unpaired) electrons. The van der Waals surface area contributed by atoms with Crippen LogP contribution in [0.1, 0.15) is 38.2 Å². The molecule has 5 heteroatoms. The molecule has 1 fully saturated rings. The summed E-state index contributed by atoms with van der Waals surface area (Å²) >= 11 is 0. The topological polar surface area (TPSA) is 66.4 Å². The van der Waals surface area contributed by atoms with Crippen LogP contribution in [0.15, 0.2) is 29.2 Å². The smallest absolute Gasteiger partial charge is 0.240 e. The van der Waals surface area contributed by atoms with Crippen LogP contribution < -0.4 is 4.72 Å². The second kappa shape index (κ2) is 6.70. The van der Waals surface area contributed by atoms with E-state index in [2.05, 4.69) is 11.6 Å². The minimum atomic E-state index is -3.53. The van der Waals surface area contributed by atoms with Gasteiger partial charge in [-0.1, -0.05) is 38.0 Å². The van der Waals surface area contributed by atoms with Crippen LogP contribution in [0.2, 0.25) is 0 Å². The molecule has 0 amide bonds. The number of nitrogens with one attached hydrogen (secondary N) is 1. The highest BCUT2D eigenvalue weighted by Gasteiger charge is 2.22. The van der Waals surface area contributed by atoms with E-state index in [0.717, 1.165) is 18.8 Å². The van der Waals surface area contributed by atoms with Gasteiger partial charge in [-0.25, -0.2) is 13.1 Å². The SMILES string of the molecule is CC1CCC(CNS(=O)(=O)c2ccccc2CO)CC1. The van der Waals surface area contributed by atoms with E-state index in [4.69, 9.17) is 0 Å². The van der Waals surface area contributed by atoms with E-state index in [1.807, 2.05) is 0 Å². The molecule has 112 valence electrons. The molecule has 1 aromatic carbocycles. The van der Waals surface area contributed by atoms with Gasteiger partial charge in [0.25, 0.3) is 0 Å². The van der Waals surface area contributed by atoms with Crippen molar-refractivity contribution in [2.75, 3.05) is 6.54 Å². The van der Waals surface area contributed by atoms with Gasteiger partial charge >= 0.3 is 0 Å². The first-order chi connectivity index (χ1) is 9.53. The Morgan fingerprint density at radius 3 is 2.50 bits per heavy atom. The summed E-state index contributed by atoms with van der Waals surface area (Å²) in [7, 11) is -3.53. The molecule has 4 nitrogen and oxygen atoms in total. The lowest BCUT2D eigenvalue weighted by Crippen LogP contribution is -2.31. The molecule has 0 heterocycles. The monoisotopic (exact) mass is 297 g/mol. The Morgan fingerprint density at radius 2 is 1.85 bits per heavy atom. The van der Waals surface area contributed by atoms with Crippen molar-refractivity contribution in [3.8, 4) is 0 Å². The highest BCUT2D eigenvalue weighted by atomic mass is 32.2. The molecular formula is C15H23NO3S. The minimum Gasteiger partial charge on any atom is -0.392 e. The first kappa shape index (κ1) is 15.5. The van der Waals surface area contributed by atoms with Crippen LogP contribution in [0.4, 0.5) is 0 Å². The van der Waals surface area contributed by atoms with Crippen LogP contribution in [-0.2, 0) is 16.6 Å². The molecule has 0 aromatic heterocycles. The molecule has 0 aliphatic heterocycles. The maximum atomic E-state index is 12.3. The number of hydrogen-bond acceptors (Lipinski definition) is 3. The third-order valence-electron chi connectivity index (χ3n) is 4.13. The van der Waals surface area contributed by atoms with Crippen molar-refractivity contribution in [1.82, 2.24) is 4.72 Å². The van der Waals surface area contributed by atoms with E-state index in [1.165, 1.54) is 18.9 Å². The van der Waals surface area contributed by atoms with Crippen LogP contribution in [0.5, 0.6) is 0 Å². The second-order valence-electron chi connectivity index (χ2n) is 5.74. The molecule has 1 aromatic rings. The largest absolute Gasteiger partial charge is 0.392 e. The van der Waals surface area contributed by atoms with Crippen molar-refractivity contribution in [1.29, 1.82) is 0 Å². The van der Waals surface area contributed by atoms with E-state index in [9.17, 15) is 13.5 Å². The van der Waals surface area contributed by atoms with E-state index in [1.54, 1.807) is 18.2 Å². The molecule has 0 spiro atoms. The van der Waals surface area contributed by atoms with Crippen LogP contribution in [-0.4, -0.2) is 20.1 Å². The van der Waals surface area contributed by atoms with Crippen LogP contribution in [0, 0.1) is 11.8 Å². The zero-order chi connectivity index (χ0) is 14.6. The highest BCUT2D eigenvalue weighted by Crippen LogP contribution is 2.28. The molecule has 0 bridgehead atoms. The summed E-state index contributed by atoms with van der Waals surface area (Å²) in [5.41, 5.74) is 0.442. The molecule has 1 aliphatic carbocycles. The van der Waals surface area contributed by atoms with Gasteiger partial charge in [0.1, 0.15) is 0 Å². The Hall–Kier alpha value is -0.910. The van der Waals surface area contributed by atoms with Gasteiger partial charge in [-0.15, -0.1) is 0 Å². The van der Waals surface area contributed by atoms with Crippen molar-refractivity contribution >= 4 is 10.0 Å². The predicted octanol–water partition coefficient (Wildman–Crippen LogP) is 2.28. The fraction of sp³-hybridized carbons (Fsp3) is 0.600. The van der Waals surface area contributed by atoms with Crippen LogP contribution >= 0.6 is 0 Å². The normalized spacial score (nSPS) is 23.7.